The molecular weight excluding hydrogens is 348 g/mol. The summed E-state index contributed by atoms with van der Waals surface area (Å²) in [6.45, 7) is 1.31. The zero-order chi connectivity index (χ0) is 18.4. The van der Waals surface area contributed by atoms with Crippen molar-refractivity contribution in [3.05, 3.63) is 74.8 Å². The van der Waals surface area contributed by atoms with Crippen LogP contribution in [0.15, 0.2) is 48.5 Å². The Labute approximate surface area is 148 Å². The van der Waals surface area contributed by atoms with Crippen LogP contribution in [0.3, 0.4) is 0 Å². The second-order valence-corrected chi connectivity index (χ2v) is 5.61. The molecule has 0 saturated heterocycles. The van der Waals surface area contributed by atoms with Crippen LogP contribution in [-0.4, -0.2) is 23.4 Å². The van der Waals surface area contributed by atoms with Gasteiger partial charge in [0.25, 0.3) is 11.6 Å². The Morgan fingerprint density at radius 2 is 1.92 bits per heavy atom. The number of carbonyl (C=O) groups is 2. The minimum Gasteiger partial charge on any atom is -0.452 e. The van der Waals surface area contributed by atoms with E-state index in [1.807, 2.05) is 30.3 Å². The van der Waals surface area contributed by atoms with Gasteiger partial charge in [0.05, 0.1) is 16.5 Å². The highest BCUT2D eigenvalue weighted by molar-refractivity contribution is 6.32. The van der Waals surface area contributed by atoms with Crippen molar-refractivity contribution in [3.63, 3.8) is 0 Å². The van der Waals surface area contributed by atoms with E-state index in [9.17, 15) is 19.7 Å². The first-order valence-electron chi connectivity index (χ1n) is 7.34. The normalized spacial score (nSPS) is 11.4. The molecule has 2 aromatic rings. The van der Waals surface area contributed by atoms with Crippen molar-refractivity contribution in [3.8, 4) is 0 Å². The number of hydrogen-bond donors (Lipinski definition) is 1. The number of ether oxygens (including phenoxy) is 1. The third-order valence-corrected chi connectivity index (χ3v) is 3.71. The highest BCUT2D eigenvalue weighted by atomic mass is 35.5. The molecular formula is C17H15ClN2O5. The maximum Gasteiger partial charge on any atom is 0.338 e. The number of benzene rings is 2. The summed E-state index contributed by atoms with van der Waals surface area (Å²) in [6, 6.07) is 12.6. The molecule has 0 heterocycles. The third kappa shape index (κ3) is 5.02. The van der Waals surface area contributed by atoms with Crippen molar-refractivity contribution >= 4 is 29.2 Å². The standard InChI is InChI=1S/C17H15ClN2O5/c1-11(12-5-3-2-4-6-12)19-16(21)10-25-17(22)13-7-8-14(18)15(9-13)20(23)24/h2-9,11H,10H2,1H3,(H,19,21)/t11-/m0/s1. The van der Waals surface area contributed by atoms with Gasteiger partial charge in [0.1, 0.15) is 5.02 Å². The van der Waals surface area contributed by atoms with Gasteiger partial charge in [0, 0.05) is 6.07 Å². The first-order chi connectivity index (χ1) is 11.9. The van der Waals surface area contributed by atoms with Crippen LogP contribution in [0.4, 0.5) is 5.69 Å². The molecule has 0 aliphatic carbocycles. The molecule has 0 aliphatic heterocycles. The van der Waals surface area contributed by atoms with E-state index in [0.717, 1.165) is 11.6 Å². The molecule has 1 atom stereocenters. The predicted molar refractivity (Wildman–Crippen MR) is 91.4 cm³/mol. The molecule has 2 rings (SSSR count). The predicted octanol–water partition coefficient (Wildman–Crippen LogP) is 3.28. The molecule has 0 fully saturated rings. The number of carbonyl (C=O) groups excluding carboxylic acids is 2. The van der Waals surface area contributed by atoms with Gasteiger partial charge in [-0.2, -0.15) is 0 Å². The molecule has 130 valence electrons. The Morgan fingerprint density at radius 1 is 1.24 bits per heavy atom. The number of nitrogens with one attached hydrogen (secondary N) is 1. The molecule has 8 heteroatoms. The van der Waals surface area contributed by atoms with Crippen molar-refractivity contribution in [2.75, 3.05) is 6.61 Å². The molecule has 0 bridgehead atoms. The molecule has 25 heavy (non-hydrogen) atoms. The summed E-state index contributed by atoms with van der Waals surface area (Å²) in [7, 11) is 0. The Morgan fingerprint density at radius 3 is 2.56 bits per heavy atom. The highest BCUT2D eigenvalue weighted by Crippen LogP contribution is 2.25. The Kier molecular flexibility index (Phi) is 6.08. The van der Waals surface area contributed by atoms with Gasteiger partial charge in [0.2, 0.25) is 0 Å². The van der Waals surface area contributed by atoms with E-state index in [1.165, 1.54) is 12.1 Å². The van der Waals surface area contributed by atoms with Gasteiger partial charge in [-0.1, -0.05) is 41.9 Å². The smallest absolute Gasteiger partial charge is 0.338 e. The van der Waals surface area contributed by atoms with Gasteiger partial charge in [0.15, 0.2) is 6.61 Å². The quantitative estimate of drug-likeness (QED) is 0.483. The fourth-order valence-corrected chi connectivity index (χ4v) is 2.29. The lowest BCUT2D eigenvalue weighted by Crippen LogP contribution is -2.31. The van der Waals surface area contributed by atoms with Crippen LogP contribution in [0.25, 0.3) is 0 Å². The first kappa shape index (κ1) is 18.4. The zero-order valence-electron chi connectivity index (χ0n) is 13.3. The molecule has 2 aromatic carbocycles. The molecule has 0 spiro atoms. The van der Waals surface area contributed by atoms with E-state index in [-0.39, 0.29) is 16.6 Å². The average molecular weight is 363 g/mol. The van der Waals surface area contributed by atoms with Gasteiger partial charge in [-0.3, -0.25) is 14.9 Å². The summed E-state index contributed by atoms with van der Waals surface area (Å²) in [5.41, 5.74) is 0.453. The largest absolute Gasteiger partial charge is 0.452 e. The van der Waals surface area contributed by atoms with E-state index in [2.05, 4.69) is 5.32 Å². The van der Waals surface area contributed by atoms with Gasteiger partial charge in [-0.25, -0.2) is 4.79 Å². The second kappa shape index (κ2) is 8.25. The van der Waals surface area contributed by atoms with Crippen molar-refractivity contribution in [1.82, 2.24) is 5.32 Å². The molecule has 0 aromatic heterocycles. The van der Waals surface area contributed by atoms with Gasteiger partial charge in [-0.15, -0.1) is 0 Å². The fourth-order valence-electron chi connectivity index (χ4n) is 2.10. The Bertz CT molecular complexity index is 795. The molecule has 0 saturated carbocycles. The van der Waals surface area contributed by atoms with Crippen LogP contribution in [-0.2, 0) is 9.53 Å². The van der Waals surface area contributed by atoms with Crippen molar-refractivity contribution in [1.29, 1.82) is 0 Å². The van der Waals surface area contributed by atoms with Crippen molar-refractivity contribution in [2.45, 2.75) is 13.0 Å². The maximum absolute atomic E-state index is 11.9. The van der Waals surface area contributed by atoms with Gasteiger partial charge >= 0.3 is 5.97 Å². The number of nitro groups is 1. The summed E-state index contributed by atoms with van der Waals surface area (Å²) >= 11 is 5.68. The van der Waals surface area contributed by atoms with Gasteiger partial charge in [-0.05, 0) is 24.6 Å². The van der Waals surface area contributed by atoms with Crippen molar-refractivity contribution < 1.29 is 19.2 Å². The number of nitrogens with zero attached hydrogens (tertiary/aromatic N) is 1. The number of amides is 1. The summed E-state index contributed by atoms with van der Waals surface area (Å²) in [6.07, 6.45) is 0. The van der Waals surface area contributed by atoms with Crippen LogP contribution < -0.4 is 5.32 Å². The summed E-state index contributed by atoms with van der Waals surface area (Å²) in [4.78, 5) is 33.9. The molecule has 0 aliphatic rings. The van der Waals surface area contributed by atoms with E-state index in [4.69, 9.17) is 16.3 Å². The lowest BCUT2D eigenvalue weighted by Gasteiger charge is -2.14. The number of esters is 1. The molecule has 0 radical (unpaired) electrons. The SMILES string of the molecule is C[C@H](NC(=O)COC(=O)c1ccc(Cl)c([N+](=O)[O-])c1)c1ccccc1. The summed E-state index contributed by atoms with van der Waals surface area (Å²) < 4.78 is 4.88. The number of hydrogen-bond acceptors (Lipinski definition) is 5. The van der Waals surface area contributed by atoms with E-state index in [1.54, 1.807) is 6.92 Å². The molecule has 1 N–H and O–H groups in total. The maximum atomic E-state index is 11.9. The van der Waals surface area contributed by atoms with Crippen LogP contribution in [0, 0.1) is 10.1 Å². The number of nitro benzene ring substituents is 1. The van der Waals surface area contributed by atoms with Crippen LogP contribution in [0.2, 0.25) is 5.02 Å². The Balaban J connectivity index is 1.92. The first-order valence-corrected chi connectivity index (χ1v) is 7.71. The van der Waals surface area contributed by atoms with Crippen LogP contribution in [0.1, 0.15) is 28.9 Å². The average Bonchev–Trinajstić information content (AvgIpc) is 2.60. The summed E-state index contributed by atoms with van der Waals surface area (Å²) in [5.74, 6) is -1.32. The molecule has 0 unspecified atom stereocenters. The lowest BCUT2D eigenvalue weighted by atomic mass is 10.1. The van der Waals surface area contributed by atoms with E-state index in [0.29, 0.717) is 0 Å². The highest BCUT2D eigenvalue weighted by Gasteiger charge is 2.18. The monoisotopic (exact) mass is 362 g/mol. The Hall–Kier alpha value is -2.93. The molecule has 7 nitrogen and oxygen atoms in total. The fraction of sp³-hybridized carbons (Fsp3) is 0.176. The lowest BCUT2D eigenvalue weighted by molar-refractivity contribution is -0.384. The topological polar surface area (TPSA) is 98.5 Å². The van der Waals surface area contributed by atoms with Gasteiger partial charge < -0.3 is 10.1 Å². The van der Waals surface area contributed by atoms with Crippen LogP contribution in [0.5, 0.6) is 0 Å². The zero-order valence-corrected chi connectivity index (χ0v) is 14.0. The van der Waals surface area contributed by atoms with E-state index < -0.39 is 29.1 Å². The van der Waals surface area contributed by atoms with E-state index >= 15 is 0 Å². The summed E-state index contributed by atoms with van der Waals surface area (Å²) in [5, 5.41) is 13.4. The number of halogens is 1. The number of rotatable bonds is 6. The van der Waals surface area contributed by atoms with Crippen LogP contribution >= 0.6 is 11.6 Å². The third-order valence-electron chi connectivity index (χ3n) is 3.39. The second-order valence-electron chi connectivity index (χ2n) is 5.20. The minimum absolute atomic E-state index is 0.0555. The van der Waals surface area contributed by atoms with Crippen molar-refractivity contribution in [2.24, 2.45) is 0 Å². The molecule has 1 amide bonds. The minimum atomic E-state index is -0.845.